The monoisotopic (exact) mass is 440 g/mol. The number of piperidine rings is 3. The van der Waals surface area contributed by atoms with Gasteiger partial charge in [0.2, 0.25) is 0 Å². The summed E-state index contributed by atoms with van der Waals surface area (Å²) >= 11 is 0. The van der Waals surface area contributed by atoms with E-state index in [2.05, 4.69) is 4.90 Å². The van der Waals surface area contributed by atoms with E-state index in [9.17, 15) is 13.2 Å². The molecule has 0 aromatic heterocycles. The second kappa shape index (κ2) is 8.28. The van der Waals surface area contributed by atoms with Crippen LogP contribution in [0, 0.1) is 5.92 Å². The largest absolute Gasteiger partial charge is 0.444 e. The smallest absolute Gasteiger partial charge is 0.410 e. The Morgan fingerprint density at radius 1 is 0.968 bits per heavy atom. The van der Waals surface area contributed by atoms with Gasteiger partial charge in [-0.15, -0.1) is 0 Å². The Balaban J connectivity index is 1.41. The fourth-order valence-corrected chi connectivity index (χ4v) is 6.76. The van der Waals surface area contributed by atoms with Crippen molar-refractivity contribution in [2.24, 2.45) is 5.92 Å². The van der Waals surface area contributed by atoms with Crippen molar-refractivity contribution >= 4 is 15.9 Å². The maximum atomic E-state index is 13.3. The van der Waals surface area contributed by atoms with E-state index in [4.69, 9.17) is 4.74 Å². The predicted octanol–water partition coefficient (Wildman–Crippen LogP) is 3.29. The lowest BCUT2D eigenvalue weighted by Gasteiger charge is -2.45. The molecule has 6 rings (SSSR count). The van der Waals surface area contributed by atoms with Crippen molar-refractivity contribution in [2.45, 2.75) is 36.3 Å². The first kappa shape index (κ1) is 20.5. The van der Waals surface area contributed by atoms with E-state index < -0.39 is 15.9 Å². The van der Waals surface area contributed by atoms with Gasteiger partial charge in [-0.1, -0.05) is 42.5 Å². The molecule has 6 nitrogen and oxygen atoms in total. The quantitative estimate of drug-likeness (QED) is 0.730. The molecule has 4 heterocycles. The van der Waals surface area contributed by atoms with Crippen LogP contribution < -0.4 is 0 Å². The van der Waals surface area contributed by atoms with Gasteiger partial charge >= 0.3 is 6.09 Å². The van der Waals surface area contributed by atoms with E-state index in [0.29, 0.717) is 18.9 Å². The van der Waals surface area contributed by atoms with Crippen LogP contribution in [-0.4, -0.2) is 62.3 Å². The third-order valence-electron chi connectivity index (χ3n) is 6.97. The average Bonchev–Trinajstić information content (AvgIpc) is 2.80. The molecule has 4 aliphatic heterocycles. The Morgan fingerprint density at radius 2 is 1.68 bits per heavy atom. The zero-order valence-electron chi connectivity index (χ0n) is 17.5. The molecule has 0 saturated carbocycles. The van der Waals surface area contributed by atoms with Gasteiger partial charge in [0.15, 0.2) is 9.84 Å². The molecular formula is C24H28N2O4S. The zero-order chi connectivity index (χ0) is 21.4. The van der Waals surface area contributed by atoms with Crippen molar-refractivity contribution in [1.29, 1.82) is 0 Å². The number of benzene rings is 2. The molecule has 7 heteroatoms. The van der Waals surface area contributed by atoms with E-state index >= 15 is 0 Å². The summed E-state index contributed by atoms with van der Waals surface area (Å²) in [6.07, 6.45) is 2.34. The minimum absolute atomic E-state index is 0.0986. The molecule has 0 unspecified atom stereocenters. The number of nitrogens with zero attached hydrogens (tertiary/aromatic N) is 2. The van der Waals surface area contributed by atoms with Gasteiger partial charge < -0.3 is 4.74 Å². The zero-order valence-corrected chi connectivity index (χ0v) is 18.3. The Bertz CT molecular complexity index is 1050. The van der Waals surface area contributed by atoms with Crippen molar-refractivity contribution in [3.8, 4) is 0 Å². The molecule has 2 atom stereocenters. The molecule has 3 saturated heterocycles. The third-order valence-corrected chi connectivity index (χ3v) is 8.72. The standard InChI is InChI=1S/C24H28N2O4S/c27-24(30-23-16-25-13-10-19(23)11-14-25)26-15-12-18-6-4-5-9-21(18)22(26)17-31(28,29)20-7-2-1-3-8-20/h1-9,19,22-23H,10-17H2/t22-,23-/m1/s1. The molecule has 0 spiro atoms. The van der Waals surface area contributed by atoms with E-state index in [1.807, 2.05) is 24.3 Å². The van der Waals surface area contributed by atoms with Crippen molar-refractivity contribution in [3.63, 3.8) is 0 Å². The summed E-state index contributed by atoms with van der Waals surface area (Å²) in [4.78, 5) is 17.5. The first-order chi connectivity index (χ1) is 15.0. The molecule has 164 valence electrons. The van der Waals surface area contributed by atoms with Gasteiger partial charge in [-0.2, -0.15) is 0 Å². The lowest BCUT2D eigenvalue weighted by molar-refractivity contribution is -0.0468. The van der Waals surface area contributed by atoms with Crippen LogP contribution in [0.2, 0.25) is 0 Å². The summed E-state index contributed by atoms with van der Waals surface area (Å²) in [5.74, 6) is 0.265. The minimum atomic E-state index is -3.57. The highest BCUT2D eigenvalue weighted by Crippen LogP contribution is 2.35. The lowest BCUT2D eigenvalue weighted by Crippen LogP contribution is -2.53. The van der Waals surface area contributed by atoms with E-state index in [0.717, 1.165) is 43.6 Å². The number of rotatable bonds is 4. The van der Waals surface area contributed by atoms with E-state index in [1.165, 1.54) is 0 Å². The minimum Gasteiger partial charge on any atom is -0.444 e. The summed E-state index contributed by atoms with van der Waals surface area (Å²) in [6.45, 7) is 3.40. The third kappa shape index (κ3) is 4.08. The fourth-order valence-electron chi connectivity index (χ4n) is 5.22. The van der Waals surface area contributed by atoms with Gasteiger partial charge in [-0.25, -0.2) is 13.2 Å². The topological polar surface area (TPSA) is 66.9 Å². The summed E-state index contributed by atoms with van der Waals surface area (Å²) in [5.41, 5.74) is 2.00. The highest BCUT2D eigenvalue weighted by Gasteiger charge is 2.40. The van der Waals surface area contributed by atoms with Crippen LogP contribution in [0.1, 0.15) is 30.0 Å². The number of hydrogen-bond donors (Lipinski definition) is 0. The summed E-state index contributed by atoms with van der Waals surface area (Å²) in [5, 5.41) is 0. The van der Waals surface area contributed by atoms with Crippen molar-refractivity contribution < 1.29 is 17.9 Å². The van der Waals surface area contributed by atoms with Crippen LogP contribution in [0.4, 0.5) is 4.79 Å². The molecule has 0 aliphatic carbocycles. The van der Waals surface area contributed by atoms with Crippen LogP contribution >= 0.6 is 0 Å². The number of ether oxygens (including phenoxy) is 1. The average molecular weight is 441 g/mol. The van der Waals surface area contributed by atoms with Crippen molar-refractivity contribution in [2.75, 3.05) is 31.9 Å². The van der Waals surface area contributed by atoms with Gasteiger partial charge in [-0.3, -0.25) is 9.80 Å². The predicted molar refractivity (Wildman–Crippen MR) is 118 cm³/mol. The molecule has 31 heavy (non-hydrogen) atoms. The van der Waals surface area contributed by atoms with Crippen molar-refractivity contribution in [1.82, 2.24) is 9.80 Å². The molecule has 2 aromatic rings. The normalized spacial score (nSPS) is 27.5. The maximum absolute atomic E-state index is 13.3. The molecule has 0 N–H and O–H groups in total. The number of carbonyl (C=O) groups excluding carboxylic acids is 1. The van der Waals surface area contributed by atoms with Gasteiger partial charge in [0.05, 0.1) is 16.7 Å². The summed E-state index contributed by atoms with van der Waals surface area (Å²) in [7, 11) is -3.57. The SMILES string of the molecule is O=C(O[C@@H]1CN2CCC1CC2)N1CCc2ccccc2[C@H]1CS(=O)(=O)c1ccccc1. The molecule has 2 aromatic carbocycles. The Morgan fingerprint density at radius 3 is 2.39 bits per heavy atom. The van der Waals surface area contributed by atoms with Gasteiger partial charge in [0, 0.05) is 13.1 Å². The first-order valence-electron chi connectivity index (χ1n) is 11.1. The highest BCUT2D eigenvalue weighted by atomic mass is 32.2. The maximum Gasteiger partial charge on any atom is 0.410 e. The highest BCUT2D eigenvalue weighted by molar-refractivity contribution is 7.91. The Labute approximate surface area is 183 Å². The lowest BCUT2D eigenvalue weighted by atomic mass is 9.86. The van der Waals surface area contributed by atoms with Gasteiger partial charge in [0.1, 0.15) is 6.10 Å². The number of carbonyl (C=O) groups is 1. The van der Waals surface area contributed by atoms with E-state index in [-0.39, 0.29) is 22.8 Å². The molecule has 2 bridgehead atoms. The molecule has 4 aliphatic rings. The second-order valence-electron chi connectivity index (χ2n) is 8.81. The molecular weight excluding hydrogens is 412 g/mol. The molecule has 0 radical (unpaired) electrons. The first-order valence-corrected chi connectivity index (χ1v) is 12.7. The summed E-state index contributed by atoms with van der Waals surface area (Å²) < 4.78 is 32.4. The summed E-state index contributed by atoms with van der Waals surface area (Å²) in [6, 6.07) is 15.7. The number of hydrogen-bond acceptors (Lipinski definition) is 5. The number of fused-ring (bicyclic) bond motifs is 4. The van der Waals surface area contributed by atoms with Crippen LogP contribution in [0.3, 0.4) is 0 Å². The van der Waals surface area contributed by atoms with E-state index in [1.54, 1.807) is 35.2 Å². The van der Waals surface area contributed by atoms with Crippen LogP contribution in [0.5, 0.6) is 0 Å². The van der Waals surface area contributed by atoms with Crippen LogP contribution in [-0.2, 0) is 21.0 Å². The number of sulfone groups is 1. The Hall–Kier alpha value is -2.38. The van der Waals surface area contributed by atoms with Gasteiger partial charge in [0.25, 0.3) is 0 Å². The second-order valence-corrected chi connectivity index (χ2v) is 10.8. The number of amides is 1. The Kier molecular flexibility index (Phi) is 5.48. The van der Waals surface area contributed by atoms with Gasteiger partial charge in [-0.05, 0) is 61.5 Å². The van der Waals surface area contributed by atoms with Crippen LogP contribution in [0.25, 0.3) is 0 Å². The molecule has 3 fully saturated rings. The van der Waals surface area contributed by atoms with Crippen LogP contribution in [0.15, 0.2) is 59.5 Å². The van der Waals surface area contributed by atoms with Crippen molar-refractivity contribution in [3.05, 3.63) is 65.7 Å². The fraction of sp³-hybridized carbons (Fsp3) is 0.458. The molecule has 1 amide bonds.